The van der Waals surface area contributed by atoms with Gasteiger partial charge in [0.1, 0.15) is 12.4 Å². The number of nitrogens with one attached hydrogen (secondary N) is 1. The summed E-state index contributed by atoms with van der Waals surface area (Å²) in [7, 11) is 1.61. The Balaban J connectivity index is 0.00000320. The Bertz CT molecular complexity index is 952. The van der Waals surface area contributed by atoms with Gasteiger partial charge < -0.3 is 14.8 Å². The van der Waals surface area contributed by atoms with Gasteiger partial charge in [0.2, 0.25) is 0 Å². The molecule has 0 aliphatic heterocycles. The number of halogens is 4. The minimum absolute atomic E-state index is 0. The quantitative estimate of drug-likeness (QED) is 0.363. The zero-order chi connectivity index (χ0) is 20.6. The molecule has 0 bridgehead atoms. The van der Waals surface area contributed by atoms with E-state index in [1.54, 1.807) is 25.3 Å². The normalized spacial score (nSPS) is 10.4. The van der Waals surface area contributed by atoms with Crippen LogP contribution in [0.5, 0.6) is 11.5 Å². The average Bonchev–Trinajstić information content (AvgIpc) is 2.72. The van der Waals surface area contributed by atoms with Crippen LogP contribution in [0.25, 0.3) is 0 Å². The smallest absolute Gasteiger partial charge is 0.161 e. The lowest BCUT2D eigenvalue weighted by Gasteiger charge is -2.13. The van der Waals surface area contributed by atoms with E-state index < -0.39 is 0 Å². The van der Waals surface area contributed by atoms with Crippen molar-refractivity contribution < 1.29 is 13.9 Å². The summed E-state index contributed by atoms with van der Waals surface area (Å²) in [5.74, 6) is 1.04. The topological polar surface area (TPSA) is 30.5 Å². The molecule has 0 saturated carbocycles. The van der Waals surface area contributed by atoms with E-state index in [0.29, 0.717) is 34.7 Å². The first-order valence-corrected chi connectivity index (χ1v) is 9.99. The van der Waals surface area contributed by atoms with Gasteiger partial charge in [0.15, 0.2) is 11.5 Å². The van der Waals surface area contributed by atoms with Gasteiger partial charge in [-0.05, 0) is 66.1 Å². The SMILES string of the molecule is COc1cc(CNCCc2ccc(Cl)cc2Cl)ccc1OCc1ccc(F)cc1.Cl. The summed E-state index contributed by atoms with van der Waals surface area (Å²) in [4.78, 5) is 0. The highest BCUT2D eigenvalue weighted by molar-refractivity contribution is 6.35. The molecule has 3 aromatic carbocycles. The third-order valence-electron chi connectivity index (χ3n) is 4.45. The van der Waals surface area contributed by atoms with E-state index in [4.69, 9.17) is 32.7 Å². The Hall–Kier alpha value is -1.98. The molecule has 1 N–H and O–H groups in total. The molecule has 3 aromatic rings. The summed E-state index contributed by atoms with van der Waals surface area (Å²) < 4.78 is 24.3. The molecule has 0 fully saturated rings. The third-order valence-corrected chi connectivity index (χ3v) is 5.04. The first-order valence-electron chi connectivity index (χ1n) is 9.24. The Morgan fingerprint density at radius 3 is 2.33 bits per heavy atom. The first-order chi connectivity index (χ1) is 14.0. The lowest BCUT2D eigenvalue weighted by atomic mass is 10.1. The predicted octanol–water partition coefficient (Wildman–Crippen LogP) is 6.47. The van der Waals surface area contributed by atoms with E-state index >= 15 is 0 Å². The predicted molar refractivity (Wildman–Crippen MR) is 123 cm³/mol. The van der Waals surface area contributed by atoms with E-state index in [1.807, 2.05) is 30.3 Å². The highest BCUT2D eigenvalue weighted by Crippen LogP contribution is 2.29. The van der Waals surface area contributed by atoms with E-state index in [0.717, 1.165) is 29.7 Å². The van der Waals surface area contributed by atoms with Gasteiger partial charge in [-0.2, -0.15) is 0 Å². The van der Waals surface area contributed by atoms with E-state index in [9.17, 15) is 4.39 Å². The molecular formula is C23H23Cl3FNO2. The Morgan fingerprint density at radius 1 is 0.900 bits per heavy atom. The fourth-order valence-corrected chi connectivity index (χ4v) is 3.37. The van der Waals surface area contributed by atoms with Crippen LogP contribution < -0.4 is 14.8 Å². The first kappa shape index (κ1) is 24.3. The molecule has 0 spiro atoms. The zero-order valence-corrected chi connectivity index (χ0v) is 18.8. The molecule has 3 rings (SSSR count). The molecular weight excluding hydrogens is 448 g/mol. The molecule has 0 unspecified atom stereocenters. The summed E-state index contributed by atoms with van der Waals surface area (Å²) >= 11 is 12.1. The van der Waals surface area contributed by atoms with E-state index in [1.165, 1.54) is 12.1 Å². The van der Waals surface area contributed by atoms with Crippen molar-refractivity contribution in [1.82, 2.24) is 5.32 Å². The second-order valence-corrected chi connectivity index (χ2v) is 7.41. The Kier molecular flexibility index (Phi) is 9.73. The van der Waals surface area contributed by atoms with Gasteiger partial charge in [-0.25, -0.2) is 4.39 Å². The minimum Gasteiger partial charge on any atom is -0.493 e. The van der Waals surface area contributed by atoms with Crippen LogP contribution in [0.1, 0.15) is 16.7 Å². The van der Waals surface area contributed by atoms with Crippen LogP contribution in [0.2, 0.25) is 10.0 Å². The number of methoxy groups -OCH3 is 1. The fraction of sp³-hybridized carbons (Fsp3) is 0.217. The van der Waals surface area contributed by atoms with Crippen molar-refractivity contribution in [2.45, 2.75) is 19.6 Å². The molecule has 30 heavy (non-hydrogen) atoms. The number of benzene rings is 3. The summed E-state index contributed by atoms with van der Waals surface area (Å²) in [6, 6.07) is 17.6. The summed E-state index contributed by atoms with van der Waals surface area (Å²) in [5.41, 5.74) is 3.03. The highest BCUT2D eigenvalue weighted by atomic mass is 35.5. The van der Waals surface area contributed by atoms with Gasteiger partial charge in [0.05, 0.1) is 7.11 Å². The number of hydrogen-bond acceptors (Lipinski definition) is 3. The van der Waals surface area contributed by atoms with Crippen molar-refractivity contribution in [3.63, 3.8) is 0 Å². The zero-order valence-electron chi connectivity index (χ0n) is 16.5. The molecule has 3 nitrogen and oxygen atoms in total. The standard InChI is InChI=1S/C23H22Cl2FNO2.ClH/c1-28-23-12-17(14-27-11-10-18-5-6-19(24)13-21(18)25)4-9-22(23)29-15-16-2-7-20(26)8-3-16;/h2-9,12-13,27H,10-11,14-15H2,1H3;1H. The fourth-order valence-electron chi connectivity index (χ4n) is 2.86. The van der Waals surface area contributed by atoms with Gasteiger partial charge in [0, 0.05) is 16.6 Å². The van der Waals surface area contributed by atoms with Gasteiger partial charge in [-0.1, -0.05) is 47.5 Å². The molecule has 0 amide bonds. The van der Waals surface area contributed by atoms with Crippen molar-refractivity contribution in [2.75, 3.05) is 13.7 Å². The largest absolute Gasteiger partial charge is 0.493 e. The second kappa shape index (κ2) is 12.0. The van der Waals surface area contributed by atoms with Crippen molar-refractivity contribution in [1.29, 1.82) is 0 Å². The Labute approximate surface area is 192 Å². The summed E-state index contributed by atoms with van der Waals surface area (Å²) in [5, 5.41) is 4.73. The molecule has 0 aromatic heterocycles. The van der Waals surface area contributed by atoms with E-state index in [2.05, 4.69) is 5.32 Å². The second-order valence-electron chi connectivity index (χ2n) is 6.56. The number of ether oxygens (including phenoxy) is 2. The van der Waals surface area contributed by atoms with Crippen LogP contribution in [0.4, 0.5) is 4.39 Å². The molecule has 0 atom stereocenters. The van der Waals surface area contributed by atoms with Gasteiger partial charge >= 0.3 is 0 Å². The van der Waals surface area contributed by atoms with Crippen molar-refractivity contribution in [3.8, 4) is 11.5 Å². The average molecular weight is 471 g/mol. The molecule has 0 saturated heterocycles. The maximum Gasteiger partial charge on any atom is 0.161 e. The van der Waals surface area contributed by atoms with Gasteiger partial charge in [-0.15, -0.1) is 12.4 Å². The molecule has 0 aliphatic rings. The maximum atomic E-state index is 13.0. The highest BCUT2D eigenvalue weighted by Gasteiger charge is 2.07. The van der Waals surface area contributed by atoms with Crippen LogP contribution in [0, 0.1) is 5.82 Å². The van der Waals surface area contributed by atoms with Gasteiger partial charge in [0.25, 0.3) is 0 Å². The van der Waals surface area contributed by atoms with Gasteiger partial charge in [-0.3, -0.25) is 0 Å². The minimum atomic E-state index is -0.262. The van der Waals surface area contributed by atoms with Crippen LogP contribution in [0.15, 0.2) is 60.7 Å². The van der Waals surface area contributed by atoms with Crippen LogP contribution in [-0.2, 0) is 19.6 Å². The number of hydrogen-bond donors (Lipinski definition) is 1. The Morgan fingerprint density at radius 2 is 1.63 bits per heavy atom. The maximum absolute atomic E-state index is 13.0. The van der Waals surface area contributed by atoms with E-state index in [-0.39, 0.29) is 18.2 Å². The molecule has 0 heterocycles. The van der Waals surface area contributed by atoms with Crippen molar-refractivity contribution in [3.05, 3.63) is 93.2 Å². The molecule has 160 valence electrons. The number of rotatable bonds is 9. The molecule has 7 heteroatoms. The summed E-state index contributed by atoms with van der Waals surface area (Å²) in [6.45, 7) is 1.82. The van der Waals surface area contributed by atoms with Crippen molar-refractivity contribution in [2.24, 2.45) is 0 Å². The molecule has 0 radical (unpaired) electrons. The van der Waals surface area contributed by atoms with Crippen LogP contribution in [-0.4, -0.2) is 13.7 Å². The monoisotopic (exact) mass is 469 g/mol. The summed E-state index contributed by atoms with van der Waals surface area (Å²) in [6.07, 6.45) is 0.812. The van der Waals surface area contributed by atoms with Crippen molar-refractivity contribution >= 4 is 35.6 Å². The van der Waals surface area contributed by atoms with Crippen LogP contribution in [0.3, 0.4) is 0 Å². The lowest BCUT2D eigenvalue weighted by molar-refractivity contribution is 0.284. The third kappa shape index (κ3) is 7.06. The van der Waals surface area contributed by atoms with Crippen LogP contribution >= 0.6 is 35.6 Å². The lowest BCUT2D eigenvalue weighted by Crippen LogP contribution is -2.16. The molecule has 0 aliphatic carbocycles.